The first-order valence-corrected chi connectivity index (χ1v) is 11.2. The molecule has 34 heavy (non-hydrogen) atoms. The molecule has 3 aromatic carbocycles. The third-order valence-electron chi connectivity index (χ3n) is 5.69. The molecule has 0 saturated heterocycles. The molecule has 1 aliphatic heterocycles. The lowest BCUT2D eigenvalue weighted by molar-refractivity contribution is 0.349. The van der Waals surface area contributed by atoms with E-state index in [-0.39, 0.29) is 6.04 Å². The second kappa shape index (κ2) is 10.5. The van der Waals surface area contributed by atoms with Crippen LogP contribution in [0.5, 0.6) is 23.0 Å². The Balaban J connectivity index is 1.74. The molecule has 0 saturated carbocycles. The Hall–Kier alpha value is -3.64. The van der Waals surface area contributed by atoms with Crippen LogP contribution in [0, 0.1) is 0 Å². The van der Waals surface area contributed by atoms with Gasteiger partial charge in [0.05, 0.1) is 45.9 Å². The number of ether oxygens (including phenoxy) is 4. The van der Waals surface area contributed by atoms with Gasteiger partial charge < -0.3 is 18.9 Å². The Kier molecular flexibility index (Phi) is 7.28. The molecule has 0 amide bonds. The number of anilines is 1. The van der Waals surface area contributed by atoms with E-state index >= 15 is 0 Å². The highest BCUT2D eigenvalue weighted by Gasteiger charge is 2.31. The molecule has 0 radical (unpaired) electrons. The zero-order valence-corrected chi connectivity index (χ0v) is 20.4. The molecule has 0 aromatic heterocycles. The van der Waals surface area contributed by atoms with Crippen LogP contribution in [-0.2, 0) is 0 Å². The highest BCUT2D eigenvalue weighted by Crippen LogP contribution is 2.43. The van der Waals surface area contributed by atoms with E-state index in [1.807, 2.05) is 77.8 Å². The highest BCUT2D eigenvalue weighted by atomic mass is 35.5. The van der Waals surface area contributed by atoms with Gasteiger partial charge in [-0.15, -0.1) is 0 Å². The maximum Gasteiger partial charge on any atom is 0.167 e. The van der Waals surface area contributed by atoms with Gasteiger partial charge in [-0.25, -0.2) is 0 Å². The van der Waals surface area contributed by atoms with Crippen LogP contribution in [0.3, 0.4) is 0 Å². The average molecular weight is 479 g/mol. The van der Waals surface area contributed by atoms with Crippen LogP contribution < -0.4 is 24.0 Å². The molecule has 7 heteroatoms. The smallest absolute Gasteiger partial charge is 0.167 e. The lowest BCUT2D eigenvalue weighted by Gasteiger charge is -2.26. The van der Waals surface area contributed by atoms with E-state index in [1.54, 1.807) is 28.4 Å². The molecule has 0 N–H and O–H groups in total. The summed E-state index contributed by atoms with van der Waals surface area (Å²) in [4.78, 5) is 0. The summed E-state index contributed by atoms with van der Waals surface area (Å²) in [6.07, 6.45) is 4.65. The minimum atomic E-state index is -0.102. The lowest BCUT2D eigenvalue weighted by atomic mass is 9.99. The summed E-state index contributed by atoms with van der Waals surface area (Å²) >= 11 is 6.30. The fourth-order valence-electron chi connectivity index (χ4n) is 4.14. The largest absolute Gasteiger partial charge is 0.493 e. The second-order valence-corrected chi connectivity index (χ2v) is 8.07. The number of halogens is 1. The highest BCUT2D eigenvalue weighted by molar-refractivity contribution is 6.30. The topological polar surface area (TPSA) is 52.5 Å². The number of hydrogen-bond donors (Lipinski definition) is 0. The molecule has 1 aliphatic rings. The third-order valence-corrected chi connectivity index (χ3v) is 5.92. The molecule has 0 aliphatic carbocycles. The Morgan fingerprint density at radius 1 is 0.824 bits per heavy atom. The molecule has 6 nitrogen and oxygen atoms in total. The summed E-state index contributed by atoms with van der Waals surface area (Å²) in [6, 6.07) is 19.2. The minimum absolute atomic E-state index is 0.102. The van der Waals surface area contributed by atoms with Crippen LogP contribution in [0.1, 0.15) is 23.6 Å². The first-order chi connectivity index (χ1) is 16.6. The minimum Gasteiger partial charge on any atom is -0.493 e. The number of para-hydroxylation sites is 2. The fraction of sp³-hybridized carbons (Fsp3) is 0.222. The second-order valence-electron chi connectivity index (χ2n) is 7.63. The molecule has 1 atom stereocenters. The SMILES string of the molecule is COc1cccc(/C=C/C2=NN(c3cccc(Cl)c3)[C@H](c3cccc(OC)c3OC)C2)c1OC. The molecular formula is C27H27ClN2O4. The van der Waals surface area contributed by atoms with E-state index in [9.17, 15) is 0 Å². The summed E-state index contributed by atoms with van der Waals surface area (Å²) in [5.41, 5.74) is 3.68. The fourth-order valence-corrected chi connectivity index (χ4v) is 4.32. The van der Waals surface area contributed by atoms with Crippen molar-refractivity contribution in [1.82, 2.24) is 0 Å². The monoisotopic (exact) mass is 478 g/mol. The van der Waals surface area contributed by atoms with Crippen molar-refractivity contribution in [3.8, 4) is 23.0 Å². The summed E-state index contributed by atoms with van der Waals surface area (Å²) in [7, 11) is 6.55. The third kappa shape index (κ3) is 4.68. The predicted octanol–water partition coefficient (Wildman–Crippen LogP) is 6.40. The molecule has 176 valence electrons. The van der Waals surface area contributed by atoms with Crippen molar-refractivity contribution in [2.75, 3.05) is 33.4 Å². The van der Waals surface area contributed by atoms with Crippen molar-refractivity contribution in [3.63, 3.8) is 0 Å². The number of rotatable bonds is 8. The van der Waals surface area contributed by atoms with Gasteiger partial charge in [-0.3, -0.25) is 5.01 Å². The maximum atomic E-state index is 6.30. The molecule has 0 fully saturated rings. The van der Waals surface area contributed by atoms with Crippen LogP contribution in [0.15, 0.2) is 71.8 Å². The molecule has 3 aromatic rings. The quantitative estimate of drug-likeness (QED) is 0.375. The van der Waals surface area contributed by atoms with E-state index < -0.39 is 0 Å². The van der Waals surface area contributed by atoms with E-state index in [1.165, 1.54) is 0 Å². The van der Waals surface area contributed by atoms with Crippen molar-refractivity contribution in [2.45, 2.75) is 12.5 Å². The van der Waals surface area contributed by atoms with E-state index in [0.717, 1.165) is 22.5 Å². The van der Waals surface area contributed by atoms with Gasteiger partial charge in [0.1, 0.15) is 0 Å². The van der Waals surface area contributed by atoms with Crippen LogP contribution in [-0.4, -0.2) is 34.2 Å². The number of nitrogens with zero attached hydrogens (tertiary/aromatic N) is 2. The van der Waals surface area contributed by atoms with Gasteiger partial charge in [0.25, 0.3) is 0 Å². The van der Waals surface area contributed by atoms with Crippen molar-refractivity contribution >= 4 is 29.1 Å². The molecule has 1 heterocycles. The lowest BCUT2D eigenvalue weighted by Crippen LogP contribution is -2.19. The van der Waals surface area contributed by atoms with Gasteiger partial charge >= 0.3 is 0 Å². The Bertz CT molecular complexity index is 1230. The first-order valence-electron chi connectivity index (χ1n) is 10.8. The Morgan fingerprint density at radius 2 is 1.50 bits per heavy atom. The number of methoxy groups -OCH3 is 4. The Morgan fingerprint density at radius 3 is 2.18 bits per heavy atom. The summed E-state index contributed by atoms with van der Waals surface area (Å²) in [5.74, 6) is 2.73. The molecule has 0 bridgehead atoms. The normalized spacial score (nSPS) is 15.4. The Labute approximate surface area is 205 Å². The van der Waals surface area contributed by atoms with Crippen molar-refractivity contribution in [2.24, 2.45) is 5.10 Å². The standard InChI is InChI=1S/C27H27ClN2O4/c1-31-24-12-5-8-18(26(24)33-3)14-15-20-17-23(22-11-7-13-25(32-2)27(22)34-4)30(29-20)21-10-6-9-19(28)16-21/h5-16,23H,17H2,1-4H3/b15-14+/t23-/m0/s1. The zero-order chi connectivity index (χ0) is 24.1. The maximum absolute atomic E-state index is 6.30. The first kappa shape index (κ1) is 23.5. The van der Waals surface area contributed by atoms with Crippen LogP contribution in [0.4, 0.5) is 5.69 Å². The number of hydrazone groups is 1. The van der Waals surface area contributed by atoms with Gasteiger partial charge in [0, 0.05) is 22.6 Å². The van der Waals surface area contributed by atoms with Gasteiger partial charge in [-0.05, 0) is 42.5 Å². The number of allylic oxidation sites excluding steroid dienone is 1. The van der Waals surface area contributed by atoms with E-state index in [0.29, 0.717) is 34.4 Å². The summed E-state index contributed by atoms with van der Waals surface area (Å²) in [6.45, 7) is 0. The molecular weight excluding hydrogens is 452 g/mol. The van der Waals surface area contributed by atoms with Crippen molar-refractivity contribution in [3.05, 3.63) is 82.9 Å². The molecule has 0 unspecified atom stereocenters. The molecule has 4 rings (SSSR count). The summed E-state index contributed by atoms with van der Waals surface area (Å²) < 4.78 is 22.2. The van der Waals surface area contributed by atoms with E-state index in [4.69, 9.17) is 35.6 Å². The van der Waals surface area contributed by atoms with Crippen LogP contribution in [0.2, 0.25) is 5.02 Å². The van der Waals surface area contributed by atoms with E-state index in [2.05, 4.69) is 0 Å². The van der Waals surface area contributed by atoms with Gasteiger partial charge in [-0.1, -0.05) is 41.9 Å². The van der Waals surface area contributed by atoms with Gasteiger partial charge in [0.2, 0.25) is 0 Å². The zero-order valence-electron chi connectivity index (χ0n) is 19.6. The van der Waals surface area contributed by atoms with Gasteiger partial charge in [0.15, 0.2) is 23.0 Å². The molecule has 0 spiro atoms. The van der Waals surface area contributed by atoms with Crippen molar-refractivity contribution < 1.29 is 18.9 Å². The van der Waals surface area contributed by atoms with Crippen LogP contribution >= 0.6 is 11.6 Å². The number of hydrogen-bond acceptors (Lipinski definition) is 6. The van der Waals surface area contributed by atoms with Crippen LogP contribution in [0.25, 0.3) is 6.08 Å². The number of benzene rings is 3. The summed E-state index contributed by atoms with van der Waals surface area (Å²) in [5, 5.41) is 7.56. The van der Waals surface area contributed by atoms with Crippen molar-refractivity contribution in [1.29, 1.82) is 0 Å². The average Bonchev–Trinajstić information content (AvgIpc) is 3.30. The van der Waals surface area contributed by atoms with Gasteiger partial charge in [-0.2, -0.15) is 5.10 Å². The predicted molar refractivity (Wildman–Crippen MR) is 137 cm³/mol.